The van der Waals surface area contributed by atoms with E-state index in [4.69, 9.17) is 5.11 Å². The summed E-state index contributed by atoms with van der Waals surface area (Å²) in [4.78, 5) is 12.8. The molecule has 0 amide bonds. The van der Waals surface area contributed by atoms with Crippen molar-refractivity contribution in [3.8, 4) is 0 Å². The molecule has 1 atom stereocenters. The molecule has 1 N–H and O–H groups in total. The van der Waals surface area contributed by atoms with Gasteiger partial charge in [0.05, 0.1) is 3.79 Å². The summed E-state index contributed by atoms with van der Waals surface area (Å²) >= 11 is 5.01. The number of carboxylic acid groups (broad SMARTS) is 1. The summed E-state index contributed by atoms with van der Waals surface area (Å²) in [6.07, 6.45) is 0.622. The fraction of sp³-hybridized carbons (Fsp3) is 0.500. The molecule has 0 aromatic carbocycles. The number of hydrogen-bond acceptors (Lipinski definition) is 3. The molecule has 16 heavy (non-hydrogen) atoms. The van der Waals surface area contributed by atoms with Crippen molar-refractivity contribution in [2.75, 3.05) is 7.05 Å². The Labute approximate surface area is 114 Å². The molecule has 0 aliphatic rings. The Bertz CT molecular complexity index is 345. The number of thiophene rings is 1. The van der Waals surface area contributed by atoms with Crippen LogP contribution >= 0.6 is 39.7 Å². The van der Waals surface area contributed by atoms with Crippen LogP contribution in [0.25, 0.3) is 0 Å². The maximum absolute atomic E-state index is 10.9. The molecule has 1 rings (SSSR count). The predicted octanol–water partition coefficient (Wildman–Crippen LogP) is 3.23. The maximum atomic E-state index is 10.9. The average molecular weight is 329 g/mol. The molecule has 0 bridgehead atoms. The third-order valence-corrected chi connectivity index (χ3v) is 3.81. The zero-order valence-corrected chi connectivity index (χ0v) is 12.4. The van der Waals surface area contributed by atoms with Crippen molar-refractivity contribution in [3.05, 3.63) is 20.8 Å². The SMILES string of the molecule is CCC(C(=O)O)N(C)Cc1csc(Br)c1.Cl. The Morgan fingerprint density at radius 3 is 2.69 bits per heavy atom. The first-order valence-electron chi connectivity index (χ1n) is 4.70. The largest absolute Gasteiger partial charge is 0.480 e. The zero-order valence-electron chi connectivity index (χ0n) is 9.14. The van der Waals surface area contributed by atoms with Gasteiger partial charge in [-0.1, -0.05) is 6.92 Å². The van der Waals surface area contributed by atoms with Crippen LogP contribution in [0.15, 0.2) is 15.2 Å². The van der Waals surface area contributed by atoms with Gasteiger partial charge in [-0.3, -0.25) is 9.69 Å². The summed E-state index contributed by atoms with van der Waals surface area (Å²) in [7, 11) is 1.84. The van der Waals surface area contributed by atoms with E-state index in [1.807, 2.05) is 30.3 Å². The molecule has 0 fully saturated rings. The van der Waals surface area contributed by atoms with Crippen molar-refractivity contribution < 1.29 is 9.90 Å². The second-order valence-corrected chi connectivity index (χ2v) is 5.73. The van der Waals surface area contributed by atoms with Crippen LogP contribution in [0.1, 0.15) is 18.9 Å². The topological polar surface area (TPSA) is 40.5 Å². The molecular weight excluding hydrogens is 314 g/mol. The highest BCUT2D eigenvalue weighted by molar-refractivity contribution is 9.11. The van der Waals surface area contributed by atoms with Gasteiger partial charge in [-0.15, -0.1) is 23.7 Å². The molecule has 3 nitrogen and oxygen atoms in total. The van der Waals surface area contributed by atoms with Crippen molar-refractivity contribution in [1.82, 2.24) is 4.90 Å². The maximum Gasteiger partial charge on any atom is 0.320 e. The van der Waals surface area contributed by atoms with Gasteiger partial charge in [-0.2, -0.15) is 0 Å². The summed E-state index contributed by atoms with van der Waals surface area (Å²) in [5.74, 6) is -0.755. The van der Waals surface area contributed by atoms with E-state index in [0.717, 1.165) is 9.35 Å². The number of halogens is 2. The molecule has 0 aliphatic heterocycles. The van der Waals surface area contributed by atoms with Crippen LogP contribution in [0.5, 0.6) is 0 Å². The molecule has 0 saturated carbocycles. The quantitative estimate of drug-likeness (QED) is 0.902. The lowest BCUT2D eigenvalue weighted by Crippen LogP contribution is -2.37. The Balaban J connectivity index is 0.00000225. The molecule has 1 unspecified atom stereocenters. The summed E-state index contributed by atoms with van der Waals surface area (Å²) in [6, 6.07) is 1.62. The first-order chi connectivity index (χ1) is 7.04. The molecule has 0 spiro atoms. The Hall–Kier alpha value is -0.100. The lowest BCUT2D eigenvalue weighted by molar-refractivity contribution is -0.143. The van der Waals surface area contributed by atoms with Crippen LogP contribution in [0, 0.1) is 0 Å². The third kappa shape index (κ3) is 4.41. The zero-order chi connectivity index (χ0) is 11.4. The van der Waals surface area contributed by atoms with Crippen molar-refractivity contribution in [2.45, 2.75) is 25.9 Å². The summed E-state index contributed by atoms with van der Waals surface area (Å²) in [6.45, 7) is 2.56. The molecule has 1 aromatic heterocycles. The number of aliphatic carboxylic acids is 1. The van der Waals surface area contributed by atoms with Gasteiger partial charge < -0.3 is 5.11 Å². The molecule has 1 heterocycles. The first-order valence-corrected chi connectivity index (χ1v) is 6.37. The van der Waals surface area contributed by atoms with Gasteiger partial charge in [0.1, 0.15) is 6.04 Å². The number of carbonyl (C=O) groups is 1. The predicted molar refractivity (Wildman–Crippen MR) is 72.4 cm³/mol. The normalized spacial score (nSPS) is 12.2. The Kier molecular flexibility index (Phi) is 7.22. The lowest BCUT2D eigenvalue weighted by atomic mass is 10.2. The van der Waals surface area contributed by atoms with Crippen molar-refractivity contribution in [3.63, 3.8) is 0 Å². The average Bonchev–Trinajstić information content (AvgIpc) is 2.51. The minimum atomic E-state index is -0.755. The van der Waals surface area contributed by atoms with E-state index in [2.05, 4.69) is 15.9 Å². The summed E-state index contributed by atoms with van der Waals surface area (Å²) in [5, 5.41) is 11.0. The lowest BCUT2D eigenvalue weighted by Gasteiger charge is -2.22. The molecule has 0 radical (unpaired) electrons. The monoisotopic (exact) mass is 327 g/mol. The van der Waals surface area contributed by atoms with Crippen molar-refractivity contribution >= 4 is 45.6 Å². The van der Waals surface area contributed by atoms with Crippen LogP contribution < -0.4 is 0 Å². The van der Waals surface area contributed by atoms with Gasteiger partial charge in [0.25, 0.3) is 0 Å². The summed E-state index contributed by atoms with van der Waals surface area (Å²) < 4.78 is 1.08. The standard InChI is InChI=1S/C10H14BrNO2S.ClH/c1-3-8(10(13)14)12(2)5-7-4-9(11)15-6-7;/h4,6,8H,3,5H2,1-2H3,(H,13,14);1H. The number of hydrogen-bond donors (Lipinski definition) is 1. The molecule has 0 aliphatic carbocycles. The van der Waals surface area contributed by atoms with Crippen LogP contribution in [0.3, 0.4) is 0 Å². The van der Waals surface area contributed by atoms with Crippen molar-refractivity contribution in [1.29, 1.82) is 0 Å². The minimum Gasteiger partial charge on any atom is -0.480 e. The third-order valence-electron chi connectivity index (χ3n) is 2.26. The van der Waals surface area contributed by atoms with Gasteiger partial charge >= 0.3 is 5.97 Å². The number of carboxylic acids is 1. The molecule has 1 aromatic rings. The van der Waals surface area contributed by atoms with E-state index in [-0.39, 0.29) is 12.4 Å². The molecule has 6 heteroatoms. The number of likely N-dealkylation sites (N-methyl/N-ethyl adjacent to an activating group) is 1. The van der Waals surface area contributed by atoms with Crippen LogP contribution in [0.2, 0.25) is 0 Å². The van der Waals surface area contributed by atoms with Crippen molar-refractivity contribution in [2.24, 2.45) is 0 Å². The number of nitrogens with zero attached hydrogens (tertiary/aromatic N) is 1. The van der Waals surface area contributed by atoms with Gasteiger partial charge in [0.15, 0.2) is 0 Å². The summed E-state index contributed by atoms with van der Waals surface area (Å²) in [5.41, 5.74) is 1.15. The molecular formula is C10H15BrClNO2S. The Morgan fingerprint density at radius 2 is 2.31 bits per heavy atom. The smallest absolute Gasteiger partial charge is 0.320 e. The van der Waals surface area contributed by atoms with Gasteiger partial charge in [-0.25, -0.2) is 0 Å². The van der Waals surface area contributed by atoms with Gasteiger partial charge in [0, 0.05) is 6.54 Å². The van der Waals surface area contributed by atoms with Crippen LogP contribution in [0.4, 0.5) is 0 Å². The number of rotatable bonds is 5. The van der Waals surface area contributed by atoms with E-state index < -0.39 is 12.0 Å². The second kappa shape index (κ2) is 7.27. The fourth-order valence-electron chi connectivity index (χ4n) is 1.50. The fourth-order valence-corrected chi connectivity index (χ4v) is 2.70. The highest BCUT2D eigenvalue weighted by Crippen LogP contribution is 2.22. The van der Waals surface area contributed by atoms with E-state index in [1.54, 1.807) is 11.3 Å². The minimum absolute atomic E-state index is 0. The highest BCUT2D eigenvalue weighted by atomic mass is 79.9. The second-order valence-electron chi connectivity index (χ2n) is 3.44. The van der Waals surface area contributed by atoms with Crippen LogP contribution in [-0.4, -0.2) is 29.1 Å². The van der Waals surface area contributed by atoms with Gasteiger partial charge in [0.2, 0.25) is 0 Å². The van der Waals surface area contributed by atoms with E-state index >= 15 is 0 Å². The van der Waals surface area contributed by atoms with Crippen LogP contribution in [-0.2, 0) is 11.3 Å². The molecule has 0 saturated heterocycles. The van der Waals surface area contributed by atoms with Gasteiger partial charge in [-0.05, 0) is 46.4 Å². The van der Waals surface area contributed by atoms with E-state index in [1.165, 1.54) is 0 Å². The Morgan fingerprint density at radius 1 is 1.69 bits per heavy atom. The first kappa shape index (κ1) is 15.9. The van der Waals surface area contributed by atoms with E-state index in [0.29, 0.717) is 13.0 Å². The highest BCUT2D eigenvalue weighted by Gasteiger charge is 2.20. The molecule has 92 valence electrons. The van der Waals surface area contributed by atoms with E-state index in [9.17, 15) is 4.79 Å².